The van der Waals surface area contributed by atoms with E-state index in [-0.39, 0.29) is 4.47 Å². The van der Waals surface area contributed by atoms with Crippen molar-refractivity contribution in [2.24, 2.45) is 0 Å². The topological polar surface area (TPSA) is 105 Å². The molecule has 0 aliphatic carbocycles. The molecule has 100 valence electrons. The number of H-pyrrole nitrogens is 1. The van der Waals surface area contributed by atoms with E-state index in [0.717, 1.165) is 10.8 Å². The van der Waals surface area contributed by atoms with E-state index in [0.29, 0.717) is 0 Å². The Hall–Kier alpha value is -1.03. The number of aliphatic hydroxyl groups excluding tert-OH is 2. The van der Waals surface area contributed by atoms with Gasteiger partial charge in [-0.05, 0) is 15.9 Å². The number of aliphatic hydroxyl groups is 2. The van der Waals surface area contributed by atoms with E-state index in [1.807, 2.05) is 4.98 Å². The van der Waals surface area contributed by atoms with Crippen LogP contribution in [0.2, 0.25) is 0 Å². The summed E-state index contributed by atoms with van der Waals surface area (Å²) in [5.74, 6) is 0. The Labute approximate surface area is 108 Å². The minimum Gasteiger partial charge on any atom is -0.394 e. The number of nitrogens with one attached hydrogen (secondary N) is 1. The molecule has 4 atom stereocenters. The lowest BCUT2D eigenvalue weighted by molar-refractivity contribution is -0.0492. The molecule has 2 heterocycles. The molecule has 1 saturated heterocycles. The molecule has 0 saturated carbocycles. The highest BCUT2D eigenvalue weighted by Crippen LogP contribution is 2.30. The molecule has 0 spiro atoms. The Morgan fingerprint density at radius 2 is 2.22 bits per heavy atom. The van der Waals surface area contributed by atoms with E-state index in [1.165, 1.54) is 0 Å². The average molecular weight is 325 g/mol. The normalized spacial score (nSPS) is 31.8. The molecule has 0 aromatic carbocycles. The standard InChI is InChI=1S/C9H10BrFN2O5/c10-3-1-13(9(17)12-7(3)16)8-5(11)6(15)4(2-14)18-8/h1,4-6,8,14-15H,2H2,(H,12,16,17)/t4-,5+,6-,8-/m1/s1. The van der Waals surface area contributed by atoms with Crippen LogP contribution in [0.1, 0.15) is 6.23 Å². The van der Waals surface area contributed by atoms with Crippen molar-refractivity contribution < 1.29 is 19.3 Å². The molecular formula is C9H10BrFN2O5. The maximum atomic E-state index is 13.8. The maximum Gasteiger partial charge on any atom is 0.330 e. The van der Waals surface area contributed by atoms with Crippen LogP contribution in [0.4, 0.5) is 4.39 Å². The van der Waals surface area contributed by atoms with Gasteiger partial charge >= 0.3 is 5.69 Å². The number of ether oxygens (including phenoxy) is 1. The molecule has 7 nitrogen and oxygen atoms in total. The van der Waals surface area contributed by atoms with Gasteiger partial charge in [0.25, 0.3) is 5.56 Å². The van der Waals surface area contributed by atoms with Crippen LogP contribution in [0, 0.1) is 0 Å². The number of halogens is 2. The van der Waals surface area contributed by atoms with Crippen LogP contribution in [0.15, 0.2) is 20.3 Å². The summed E-state index contributed by atoms with van der Waals surface area (Å²) >= 11 is 2.90. The van der Waals surface area contributed by atoms with Crippen molar-refractivity contribution in [3.05, 3.63) is 31.5 Å². The van der Waals surface area contributed by atoms with Gasteiger partial charge in [0.05, 0.1) is 11.1 Å². The molecule has 0 bridgehead atoms. The average Bonchev–Trinajstić information content (AvgIpc) is 2.61. The second kappa shape index (κ2) is 4.92. The third-order valence-corrected chi connectivity index (χ3v) is 3.24. The van der Waals surface area contributed by atoms with Gasteiger partial charge in [-0.25, -0.2) is 9.18 Å². The minimum absolute atomic E-state index is 0.0276. The number of aromatic amines is 1. The zero-order chi connectivity index (χ0) is 13.4. The zero-order valence-electron chi connectivity index (χ0n) is 8.92. The van der Waals surface area contributed by atoms with Crippen molar-refractivity contribution >= 4 is 15.9 Å². The second-order valence-corrected chi connectivity index (χ2v) is 4.68. The fourth-order valence-corrected chi connectivity index (χ4v) is 2.05. The van der Waals surface area contributed by atoms with E-state index in [2.05, 4.69) is 15.9 Å². The van der Waals surface area contributed by atoms with Crippen molar-refractivity contribution in [2.45, 2.75) is 24.6 Å². The predicted octanol–water partition coefficient (Wildman–Crippen LogP) is -1.11. The van der Waals surface area contributed by atoms with E-state index < -0.39 is 42.5 Å². The number of hydrogen-bond acceptors (Lipinski definition) is 5. The SMILES string of the molecule is O=c1[nH]c(=O)n([C@@H]2O[C@H](CO)[C@@H](O)[C@@H]2F)cc1Br. The van der Waals surface area contributed by atoms with E-state index in [1.54, 1.807) is 0 Å². The van der Waals surface area contributed by atoms with Crippen LogP contribution in [-0.2, 0) is 4.74 Å². The third-order valence-electron chi connectivity index (χ3n) is 2.67. The van der Waals surface area contributed by atoms with Gasteiger partial charge in [0.2, 0.25) is 0 Å². The molecule has 0 unspecified atom stereocenters. The molecule has 1 aliphatic heterocycles. The van der Waals surface area contributed by atoms with Crippen LogP contribution < -0.4 is 11.2 Å². The second-order valence-electron chi connectivity index (χ2n) is 3.83. The highest BCUT2D eigenvalue weighted by molar-refractivity contribution is 9.10. The first-order chi connectivity index (χ1) is 8.45. The van der Waals surface area contributed by atoms with E-state index >= 15 is 0 Å². The highest BCUT2D eigenvalue weighted by atomic mass is 79.9. The van der Waals surface area contributed by atoms with Crippen LogP contribution in [0.3, 0.4) is 0 Å². The van der Waals surface area contributed by atoms with Gasteiger partial charge in [0.1, 0.15) is 12.2 Å². The van der Waals surface area contributed by atoms with E-state index in [4.69, 9.17) is 9.84 Å². The van der Waals surface area contributed by atoms with Gasteiger partial charge in [-0.1, -0.05) is 0 Å². The van der Waals surface area contributed by atoms with Gasteiger partial charge in [-0.2, -0.15) is 0 Å². The fraction of sp³-hybridized carbons (Fsp3) is 0.556. The number of rotatable bonds is 2. The molecular weight excluding hydrogens is 315 g/mol. The van der Waals surface area contributed by atoms with Gasteiger partial charge < -0.3 is 14.9 Å². The molecule has 1 aromatic rings. The summed E-state index contributed by atoms with van der Waals surface area (Å²) in [5, 5.41) is 18.3. The first-order valence-electron chi connectivity index (χ1n) is 5.05. The van der Waals surface area contributed by atoms with Crippen molar-refractivity contribution in [3.8, 4) is 0 Å². The molecule has 1 fully saturated rings. The Morgan fingerprint density at radius 3 is 2.78 bits per heavy atom. The summed E-state index contributed by atoms with van der Waals surface area (Å²) in [6, 6.07) is 0. The Balaban J connectivity index is 2.42. The summed E-state index contributed by atoms with van der Waals surface area (Å²) in [6.07, 6.45) is -4.83. The molecule has 2 rings (SSSR count). The summed E-state index contributed by atoms with van der Waals surface area (Å²) in [6.45, 7) is -0.572. The highest BCUT2D eigenvalue weighted by Gasteiger charge is 2.45. The minimum atomic E-state index is -1.88. The summed E-state index contributed by atoms with van der Waals surface area (Å²) in [7, 11) is 0. The quantitative estimate of drug-likeness (QED) is 0.639. The lowest BCUT2D eigenvalue weighted by atomic mass is 10.1. The van der Waals surface area contributed by atoms with Gasteiger partial charge in [0, 0.05) is 6.20 Å². The van der Waals surface area contributed by atoms with Crippen molar-refractivity contribution in [1.29, 1.82) is 0 Å². The van der Waals surface area contributed by atoms with Gasteiger partial charge in [-0.15, -0.1) is 0 Å². The Kier molecular flexibility index (Phi) is 3.66. The van der Waals surface area contributed by atoms with Crippen LogP contribution in [0.25, 0.3) is 0 Å². The predicted molar refractivity (Wildman–Crippen MR) is 60.9 cm³/mol. The van der Waals surface area contributed by atoms with E-state index in [9.17, 15) is 19.1 Å². The zero-order valence-corrected chi connectivity index (χ0v) is 10.5. The Morgan fingerprint density at radius 1 is 1.56 bits per heavy atom. The monoisotopic (exact) mass is 324 g/mol. The molecule has 9 heteroatoms. The van der Waals surface area contributed by atoms with Crippen LogP contribution in [-0.4, -0.2) is 44.8 Å². The van der Waals surface area contributed by atoms with Crippen LogP contribution >= 0.6 is 15.9 Å². The van der Waals surface area contributed by atoms with Gasteiger partial charge in [0.15, 0.2) is 12.4 Å². The summed E-state index contributed by atoms with van der Waals surface area (Å²) in [4.78, 5) is 24.6. The molecule has 1 aliphatic rings. The van der Waals surface area contributed by atoms with Gasteiger partial charge in [-0.3, -0.25) is 14.3 Å². The number of hydrogen-bond donors (Lipinski definition) is 3. The summed E-state index contributed by atoms with van der Waals surface area (Å²) < 4.78 is 19.6. The smallest absolute Gasteiger partial charge is 0.330 e. The van der Waals surface area contributed by atoms with Crippen molar-refractivity contribution in [2.75, 3.05) is 6.61 Å². The molecule has 1 aromatic heterocycles. The maximum absolute atomic E-state index is 13.8. The van der Waals surface area contributed by atoms with Crippen molar-refractivity contribution in [3.63, 3.8) is 0 Å². The lowest BCUT2D eigenvalue weighted by Gasteiger charge is -2.15. The molecule has 0 amide bonds. The fourth-order valence-electron chi connectivity index (χ4n) is 1.73. The largest absolute Gasteiger partial charge is 0.394 e. The Bertz CT molecular complexity index is 559. The molecule has 3 N–H and O–H groups in total. The van der Waals surface area contributed by atoms with Crippen LogP contribution in [0.5, 0.6) is 0 Å². The van der Waals surface area contributed by atoms with Crippen molar-refractivity contribution in [1.82, 2.24) is 9.55 Å². The molecule has 0 radical (unpaired) electrons. The number of alkyl halides is 1. The first-order valence-corrected chi connectivity index (χ1v) is 5.84. The number of aromatic nitrogens is 2. The first kappa shape index (κ1) is 13.4. The summed E-state index contributed by atoms with van der Waals surface area (Å²) in [5.41, 5.74) is -1.51. The third kappa shape index (κ3) is 2.14. The molecule has 18 heavy (non-hydrogen) atoms. The lowest BCUT2D eigenvalue weighted by Crippen LogP contribution is -2.36. The number of nitrogens with zero attached hydrogens (tertiary/aromatic N) is 1.